The Kier molecular flexibility index (Phi) is 3.93. The van der Waals surface area contributed by atoms with Gasteiger partial charge >= 0.3 is 5.97 Å². The molecule has 1 fully saturated rings. The van der Waals surface area contributed by atoms with E-state index in [-0.39, 0.29) is 17.3 Å². The fourth-order valence-electron chi connectivity index (χ4n) is 3.77. The van der Waals surface area contributed by atoms with Gasteiger partial charge in [-0.05, 0) is 26.8 Å². The van der Waals surface area contributed by atoms with Crippen molar-refractivity contribution in [2.45, 2.75) is 83.0 Å². The van der Waals surface area contributed by atoms with Gasteiger partial charge in [-0.25, -0.2) is 4.79 Å². The van der Waals surface area contributed by atoms with Gasteiger partial charge in [-0.15, -0.1) is 0 Å². The van der Waals surface area contributed by atoms with Crippen LogP contribution in [0.2, 0.25) is 18.1 Å². The van der Waals surface area contributed by atoms with Crippen molar-refractivity contribution < 1.29 is 14.3 Å². The summed E-state index contributed by atoms with van der Waals surface area (Å²) in [5.41, 5.74) is 0.413. The summed E-state index contributed by atoms with van der Waals surface area (Å²) in [6, 6.07) is 3.68. The highest BCUT2D eigenvalue weighted by molar-refractivity contribution is 6.83. The van der Waals surface area contributed by atoms with E-state index in [4.69, 9.17) is 9.47 Å². The standard InChI is InChI=1S/C16H28O3Si/c1-7-20(8-2,9-3)16-11-12(10-13(16)18-16)14(17)19-15(4,5)6/h10,13H,7-9,11H2,1-6H3/t13-,16-/m1/s1. The number of epoxide rings is 1. The average Bonchev–Trinajstić information content (AvgIpc) is 2.93. The number of esters is 1. The van der Waals surface area contributed by atoms with Crippen molar-refractivity contribution in [1.82, 2.24) is 0 Å². The summed E-state index contributed by atoms with van der Waals surface area (Å²) in [7, 11) is -1.46. The maximum Gasteiger partial charge on any atom is 0.334 e. The lowest BCUT2D eigenvalue weighted by Gasteiger charge is -2.34. The minimum atomic E-state index is -1.46. The largest absolute Gasteiger partial charge is 0.457 e. The van der Waals surface area contributed by atoms with Gasteiger partial charge in [-0.2, -0.15) is 0 Å². The monoisotopic (exact) mass is 296 g/mol. The van der Waals surface area contributed by atoms with E-state index in [1.54, 1.807) is 0 Å². The van der Waals surface area contributed by atoms with Crippen molar-refractivity contribution in [2.75, 3.05) is 0 Å². The Morgan fingerprint density at radius 3 is 2.35 bits per heavy atom. The third-order valence-corrected chi connectivity index (χ3v) is 11.6. The van der Waals surface area contributed by atoms with E-state index in [1.807, 2.05) is 26.8 Å². The van der Waals surface area contributed by atoms with Gasteiger partial charge < -0.3 is 9.47 Å². The molecule has 1 aliphatic heterocycles. The SMILES string of the molecule is CC[Si](CC)(CC)[C@]12CC(C(=O)OC(C)(C)C)=C[C@H]1O2. The second-order valence-electron chi connectivity index (χ2n) is 7.14. The van der Waals surface area contributed by atoms with E-state index in [1.165, 1.54) is 18.1 Å². The summed E-state index contributed by atoms with van der Waals surface area (Å²) >= 11 is 0. The zero-order valence-electron chi connectivity index (χ0n) is 13.7. The highest BCUT2D eigenvalue weighted by Crippen LogP contribution is 2.57. The van der Waals surface area contributed by atoms with Gasteiger partial charge in [0.15, 0.2) is 0 Å². The van der Waals surface area contributed by atoms with Crippen molar-refractivity contribution in [3.05, 3.63) is 11.6 Å². The van der Waals surface area contributed by atoms with Gasteiger partial charge in [0, 0.05) is 12.0 Å². The molecule has 114 valence electrons. The first-order valence-electron chi connectivity index (χ1n) is 7.85. The molecule has 0 aromatic rings. The highest BCUT2D eigenvalue weighted by Gasteiger charge is 2.69. The molecular formula is C16H28O3Si. The van der Waals surface area contributed by atoms with E-state index in [2.05, 4.69) is 20.8 Å². The first kappa shape index (κ1) is 15.8. The van der Waals surface area contributed by atoms with E-state index in [9.17, 15) is 4.79 Å². The number of carbonyl (C=O) groups excluding carboxylic acids is 1. The van der Waals surface area contributed by atoms with Crippen LogP contribution in [0.5, 0.6) is 0 Å². The molecule has 20 heavy (non-hydrogen) atoms. The minimum Gasteiger partial charge on any atom is -0.457 e. The summed E-state index contributed by atoms with van der Waals surface area (Å²) in [5, 5.41) is -0.00249. The molecule has 4 heteroatoms. The van der Waals surface area contributed by atoms with Crippen LogP contribution in [0.3, 0.4) is 0 Å². The maximum absolute atomic E-state index is 12.2. The lowest BCUT2D eigenvalue weighted by Crippen LogP contribution is -2.49. The van der Waals surface area contributed by atoms with Crippen molar-refractivity contribution in [3.63, 3.8) is 0 Å². The molecule has 0 N–H and O–H groups in total. The number of ether oxygens (including phenoxy) is 2. The predicted molar refractivity (Wildman–Crippen MR) is 83.3 cm³/mol. The number of rotatable bonds is 5. The maximum atomic E-state index is 12.2. The Bertz CT molecular complexity index is 423. The van der Waals surface area contributed by atoms with Crippen LogP contribution in [-0.4, -0.2) is 31.0 Å². The third-order valence-electron chi connectivity index (χ3n) is 5.13. The number of hydrogen-bond donors (Lipinski definition) is 0. The van der Waals surface area contributed by atoms with Gasteiger partial charge in [0.05, 0.1) is 13.3 Å². The van der Waals surface area contributed by atoms with Crippen molar-refractivity contribution in [1.29, 1.82) is 0 Å². The summed E-state index contributed by atoms with van der Waals surface area (Å²) in [6.07, 6.45) is 2.97. The van der Waals surface area contributed by atoms with Crippen LogP contribution in [0.1, 0.15) is 48.0 Å². The van der Waals surface area contributed by atoms with E-state index in [0.29, 0.717) is 0 Å². The van der Waals surface area contributed by atoms with E-state index in [0.717, 1.165) is 12.0 Å². The van der Waals surface area contributed by atoms with Crippen LogP contribution in [0.25, 0.3) is 0 Å². The van der Waals surface area contributed by atoms with Gasteiger partial charge in [0.2, 0.25) is 0 Å². The Balaban J connectivity index is 2.12. The van der Waals surface area contributed by atoms with Crippen LogP contribution in [0.15, 0.2) is 11.6 Å². The lowest BCUT2D eigenvalue weighted by molar-refractivity contribution is -0.150. The molecule has 0 unspecified atom stereocenters. The molecule has 2 atom stereocenters. The van der Waals surface area contributed by atoms with Gasteiger partial charge in [-0.1, -0.05) is 38.9 Å². The molecule has 0 radical (unpaired) electrons. The second-order valence-corrected chi connectivity index (χ2v) is 12.7. The molecule has 0 saturated carbocycles. The van der Waals surface area contributed by atoms with Crippen LogP contribution in [0.4, 0.5) is 0 Å². The van der Waals surface area contributed by atoms with Gasteiger partial charge in [-0.3, -0.25) is 0 Å². The molecule has 0 spiro atoms. The van der Waals surface area contributed by atoms with E-state index < -0.39 is 13.7 Å². The Labute approximate surface area is 123 Å². The summed E-state index contributed by atoms with van der Waals surface area (Å²) in [4.78, 5) is 12.2. The molecular weight excluding hydrogens is 268 g/mol. The molecule has 1 saturated heterocycles. The van der Waals surface area contributed by atoms with Gasteiger partial charge in [0.1, 0.15) is 11.7 Å². The smallest absolute Gasteiger partial charge is 0.334 e. The highest BCUT2D eigenvalue weighted by atomic mass is 28.3. The van der Waals surface area contributed by atoms with Crippen LogP contribution in [-0.2, 0) is 14.3 Å². The van der Waals surface area contributed by atoms with Crippen LogP contribution >= 0.6 is 0 Å². The number of fused-ring (bicyclic) bond motifs is 1. The quantitative estimate of drug-likeness (QED) is 0.439. The predicted octanol–water partition coefficient (Wildman–Crippen LogP) is 3.84. The van der Waals surface area contributed by atoms with Crippen molar-refractivity contribution in [2.24, 2.45) is 0 Å². The summed E-state index contributed by atoms with van der Waals surface area (Å²) in [5.74, 6) is -0.154. The lowest BCUT2D eigenvalue weighted by atomic mass is 10.1. The summed E-state index contributed by atoms with van der Waals surface area (Å²) < 4.78 is 11.6. The molecule has 0 bridgehead atoms. The first-order chi connectivity index (χ1) is 9.23. The molecule has 0 aromatic heterocycles. The Hall–Kier alpha value is -0.613. The molecule has 2 aliphatic rings. The molecule has 0 aromatic carbocycles. The van der Waals surface area contributed by atoms with Gasteiger partial charge in [0.25, 0.3) is 0 Å². The fraction of sp³-hybridized carbons (Fsp3) is 0.812. The number of hydrogen-bond acceptors (Lipinski definition) is 3. The topological polar surface area (TPSA) is 38.8 Å². The first-order valence-corrected chi connectivity index (χ1v) is 10.5. The molecule has 3 nitrogen and oxygen atoms in total. The molecule has 2 rings (SSSR count). The Morgan fingerprint density at radius 2 is 1.90 bits per heavy atom. The normalized spacial score (nSPS) is 28.9. The fourth-order valence-corrected chi connectivity index (χ4v) is 8.70. The number of carbonyl (C=O) groups is 1. The Morgan fingerprint density at radius 1 is 1.35 bits per heavy atom. The van der Waals surface area contributed by atoms with Crippen LogP contribution < -0.4 is 0 Å². The molecule has 0 amide bonds. The minimum absolute atomic E-state index is 0.00249. The molecule has 1 heterocycles. The molecule has 1 aliphatic carbocycles. The van der Waals surface area contributed by atoms with Crippen LogP contribution in [0, 0.1) is 0 Å². The summed E-state index contributed by atoms with van der Waals surface area (Å²) in [6.45, 7) is 12.6. The zero-order chi connectivity index (χ0) is 15.2. The second kappa shape index (κ2) is 4.99. The van der Waals surface area contributed by atoms with Crippen molar-refractivity contribution in [3.8, 4) is 0 Å². The average molecular weight is 296 g/mol. The zero-order valence-corrected chi connectivity index (χ0v) is 14.7. The van der Waals surface area contributed by atoms with Crippen molar-refractivity contribution >= 4 is 14.0 Å². The third kappa shape index (κ3) is 2.37. The van der Waals surface area contributed by atoms with E-state index >= 15 is 0 Å².